The van der Waals surface area contributed by atoms with Crippen molar-refractivity contribution in [2.45, 2.75) is 36.8 Å². The number of amides is 1. The summed E-state index contributed by atoms with van der Waals surface area (Å²) in [6, 6.07) is 15.6. The lowest BCUT2D eigenvalue weighted by atomic mass is 10.2. The number of rotatable bonds is 9. The number of aryl methyl sites for hydroxylation is 1. The number of hydrogen-bond donors (Lipinski definition) is 1. The van der Waals surface area contributed by atoms with Gasteiger partial charge in [0.2, 0.25) is 5.13 Å². The molecule has 3 rings (SSSR count). The molecule has 0 fully saturated rings. The van der Waals surface area contributed by atoms with Crippen LogP contribution in [-0.2, 0) is 5.75 Å². The van der Waals surface area contributed by atoms with Gasteiger partial charge in [0.15, 0.2) is 4.34 Å². The molecule has 146 valence electrons. The number of benzene rings is 2. The van der Waals surface area contributed by atoms with E-state index < -0.39 is 0 Å². The number of unbranched alkanes of at least 4 members (excludes halogenated alkanes) is 1. The maximum absolute atomic E-state index is 12.5. The van der Waals surface area contributed by atoms with Gasteiger partial charge >= 0.3 is 0 Å². The fourth-order valence-electron chi connectivity index (χ4n) is 2.38. The second-order valence-corrected chi connectivity index (χ2v) is 8.53. The molecular formula is C21H23N3O2S2. The molecule has 0 bridgehead atoms. The summed E-state index contributed by atoms with van der Waals surface area (Å²) < 4.78 is 6.49. The predicted octanol–water partition coefficient (Wildman–Crippen LogP) is 5.57. The van der Waals surface area contributed by atoms with Crippen molar-refractivity contribution in [3.8, 4) is 5.75 Å². The summed E-state index contributed by atoms with van der Waals surface area (Å²) in [5.41, 5.74) is 3.02. The van der Waals surface area contributed by atoms with E-state index in [0.29, 0.717) is 23.1 Å². The predicted molar refractivity (Wildman–Crippen MR) is 115 cm³/mol. The molecule has 7 heteroatoms. The molecule has 5 nitrogen and oxygen atoms in total. The summed E-state index contributed by atoms with van der Waals surface area (Å²) in [6.07, 6.45) is 2.06. The maximum atomic E-state index is 12.5. The number of aromatic nitrogens is 2. The van der Waals surface area contributed by atoms with E-state index in [-0.39, 0.29) is 5.91 Å². The molecule has 0 saturated carbocycles. The van der Waals surface area contributed by atoms with E-state index in [1.807, 2.05) is 12.1 Å². The van der Waals surface area contributed by atoms with Crippen LogP contribution in [0.4, 0.5) is 5.13 Å². The molecule has 0 radical (unpaired) electrons. The van der Waals surface area contributed by atoms with Gasteiger partial charge in [0.05, 0.1) is 6.61 Å². The zero-order valence-corrected chi connectivity index (χ0v) is 17.6. The molecule has 0 spiro atoms. The van der Waals surface area contributed by atoms with Gasteiger partial charge in [-0.15, -0.1) is 10.2 Å². The van der Waals surface area contributed by atoms with Gasteiger partial charge in [-0.25, -0.2) is 0 Å². The second-order valence-electron chi connectivity index (χ2n) is 6.33. The first-order chi connectivity index (χ1) is 13.6. The van der Waals surface area contributed by atoms with Crippen LogP contribution in [0.2, 0.25) is 0 Å². The summed E-state index contributed by atoms with van der Waals surface area (Å²) in [5.74, 6) is 1.31. The molecule has 0 atom stereocenters. The number of carbonyl (C=O) groups is 1. The van der Waals surface area contributed by atoms with Crippen molar-refractivity contribution in [1.29, 1.82) is 0 Å². The molecule has 0 unspecified atom stereocenters. The van der Waals surface area contributed by atoms with Crippen molar-refractivity contribution in [3.05, 3.63) is 65.2 Å². The Hall–Kier alpha value is -2.38. The molecule has 0 aliphatic heterocycles. The minimum atomic E-state index is -0.216. The Bertz CT molecular complexity index is 910. The Morgan fingerprint density at radius 2 is 2.00 bits per heavy atom. The van der Waals surface area contributed by atoms with Crippen molar-refractivity contribution < 1.29 is 9.53 Å². The number of nitrogens with one attached hydrogen (secondary N) is 1. The number of hydrogen-bond acceptors (Lipinski definition) is 6. The molecular weight excluding hydrogens is 390 g/mol. The first-order valence-corrected chi connectivity index (χ1v) is 11.0. The molecule has 2 aromatic carbocycles. The van der Waals surface area contributed by atoms with E-state index in [2.05, 4.69) is 53.6 Å². The highest BCUT2D eigenvalue weighted by atomic mass is 32.2. The van der Waals surface area contributed by atoms with Gasteiger partial charge in [-0.2, -0.15) is 0 Å². The van der Waals surface area contributed by atoms with Gasteiger partial charge in [0.25, 0.3) is 5.91 Å². The Morgan fingerprint density at radius 1 is 1.18 bits per heavy atom. The number of thioether (sulfide) groups is 1. The highest BCUT2D eigenvalue weighted by Gasteiger charge is 2.11. The van der Waals surface area contributed by atoms with Crippen LogP contribution in [0.3, 0.4) is 0 Å². The van der Waals surface area contributed by atoms with Gasteiger partial charge in [-0.3, -0.25) is 10.1 Å². The summed E-state index contributed by atoms with van der Waals surface area (Å²) in [4.78, 5) is 12.5. The average molecular weight is 414 g/mol. The lowest BCUT2D eigenvalue weighted by Gasteiger charge is -2.07. The van der Waals surface area contributed by atoms with Crippen LogP contribution in [0.1, 0.15) is 41.3 Å². The highest BCUT2D eigenvalue weighted by molar-refractivity contribution is 8.00. The molecule has 1 heterocycles. The van der Waals surface area contributed by atoms with Crippen LogP contribution >= 0.6 is 23.1 Å². The fraction of sp³-hybridized carbons (Fsp3) is 0.286. The molecule has 28 heavy (non-hydrogen) atoms. The van der Waals surface area contributed by atoms with Crippen LogP contribution in [-0.4, -0.2) is 22.7 Å². The third kappa shape index (κ3) is 6.07. The molecule has 1 aromatic heterocycles. The number of nitrogens with zero attached hydrogens (tertiary/aromatic N) is 2. The fourth-order valence-corrected chi connectivity index (χ4v) is 4.08. The van der Waals surface area contributed by atoms with Crippen LogP contribution in [0.5, 0.6) is 5.75 Å². The first kappa shape index (κ1) is 20.4. The van der Waals surface area contributed by atoms with Crippen LogP contribution < -0.4 is 10.1 Å². The Labute approximate surface area is 173 Å². The quantitative estimate of drug-likeness (QED) is 0.282. The van der Waals surface area contributed by atoms with Crippen molar-refractivity contribution in [3.63, 3.8) is 0 Å². The van der Waals surface area contributed by atoms with Gasteiger partial charge in [-0.05, 0) is 37.1 Å². The van der Waals surface area contributed by atoms with Gasteiger partial charge < -0.3 is 4.74 Å². The van der Waals surface area contributed by atoms with Crippen molar-refractivity contribution in [2.24, 2.45) is 0 Å². The topological polar surface area (TPSA) is 64.1 Å². The monoisotopic (exact) mass is 413 g/mol. The summed E-state index contributed by atoms with van der Waals surface area (Å²) in [6.45, 7) is 4.84. The molecule has 0 aliphatic carbocycles. The van der Waals surface area contributed by atoms with E-state index in [9.17, 15) is 4.79 Å². The first-order valence-electron chi connectivity index (χ1n) is 9.20. The van der Waals surface area contributed by atoms with Crippen molar-refractivity contribution in [1.82, 2.24) is 10.2 Å². The lowest BCUT2D eigenvalue weighted by Crippen LogP contribution is -2.11. The summed E-state index contributed by atoms with van der Waals surface area (Å²) in [5, 5.41) is 11.5. The smallest absolute Gasteiger partial charge is 0.257 e. The largest absolute Gasteiger partial charge is 0.494 e. The summed E-state index contributed by atoms with van der Waals surface area (Å²) in [7, 11) is 0. The third-order valence-corrected chi connectivity index (χ3v) is 6.02. The van der Waals surface area contributed by atoms with E-state index in [1.54, 1.807) is 23.9 Å². The van der Waals surface area contributed by atoms with Crippen LogP contribution in [0.25, 0.3) is 0 Å². The van der Waals surface area contributed by atoms with E-state index in [1.165, 1.54) is 22.5 Å². The van der Waals surface area contributed by atoms with Gasteiger partial charge in [0, 0.05) is 11.3 Å². The lowest BCUT2D eigenvalue weighted by molar-refractivity contribution is 0.102. The minimum absolute atomic E-state index is 0.216. The zero-order chi connectivity index (χ0) is 19.8. The van der Waals surface area contributed by atoms with Crippen molar-refractivity contribution in [2.75, 3.05) is 11.9 Å². The third-order valence-electron chi connectivity index (χ3n) is 3.97. The van der Waals surface area contributed by atoms with E-state index in [0.717, 1.165) is 22.9 Å². The molecule has 3 aromatic rings. The number of carbonyl (C=O) groups excluding carboxylic acids is 1. The SMILES string of the molecule is CCCCOc1cccc(C(=O)Nc2nnc(SCc3ccc(C)cc3)s2)c1. The molecule has 1 N–H and O–H groups in total. The van der Waals surface area contributed by atoms with E-state index >= 15 is 0 Å². The summed E-state index contributed by atoms with van der Waals surface area (Å²) >= 11 is 2.99. The Morgan fingerprint density at radius 3 is 2.79 bits per heavy atom. The normalized spacial score (nSPS) is 10.6. The zero-order valence-electron chi connectivity index (χ0n) is 16.0. The molecule has 0 aliphatic rings. The maximum Gasteiger partial charge on any atom is 0.257 e. The van der Waals surface area contributed by atoms with E-state index in [4.69, 9.17) is 4.74 Å². The molecule has 1 amide bonds. The minimum Gasteiger partial charge on any atom is -0.494 e. The van der Waals surface area contributed by atoms with Gasteiger partial charge in [-0.1, -0.05) is 72.3 Å². The average Bonchev–Trinajstić information content (AvgIpc) is 3.15. The van der Waals surface area contributed by atoms with Gasteiger partial charge in [0.1, 0.15) is 5.75 Å². The van der Waals surface area contributed by atoms with Crippen molar-refractivity contribution >= 4 is 34.1 Å². The van der Waals surface area contributed by atoms with Crippen LogP contribution in [0, 0.1) is 6.92 Å². The Kier molecular flexibility index (Phi) is 7.45. The number of ether oxygens (including phenoxy) is 1. The molecule has 0 saturated heterocycles. The highest BCUT2D eigenvalue weighted by Crippen LogP contribution is 2.28. The number of anilines is 1. The standard InChI is InChI=1S/C21H23N3O2S2/c1-3-4-12-26-18-7-5-6-17(13-18)19(25)22-20-23-24-21(28-20)27-14-16-10-8-15(2)9-11-16/h5-11,13H,3-4,12,14H2,1-2H3,(H,22,23,25). The van der Waals surface area contributed by atoms with Crippen LogP contribution in [0.15, 0.2) is 52.9 Å². The second kappa shape index (κ2) is 10.2. The Balaban J connectivity index is 1.54.